The van der Waals surface area contributed by atoms with Crippen molar-refractivity contribution in [3.63, 3.8) is 0 Å². The summed E-state index contributed by atoms with van der Waals surface area (Å²) in [4.78, 5) is 0. The summed E-state index contributed by atoms with van der Waals surface area (Å²) >= 11 is 5.44. The molecule has 1 aliphatic heterocycles. The van der Waals surface area contributed by atoms with Crippen LogP contribution in [0, 0.1) is 17.7 Å². The van der Waals surface area contributed by atoms with Gasteiger partial charge >= 0.3 is 0 Å². The van der Waals surface area contributed by atoms with Crippen LogP contribution >= 0.6 is 11.6 Å². The fourth-order valence-corrected chi connectivity index (χ4v) is 2.26. The lowest BCUT2D eigenvalue weighted by Gasteiger charge is -2.10. The first kappa shape index (κ1) is 15.2. The minimum atomic E-state index is -0.376. The second-order valence-corrected chi connectivity index (χ2v) is 4.97. The number of halogens is 2. The highest BCUT2D eigenvalue weighted by Crippen LogP contribution is 2.19. The maximum absolute atomic E-state index is 13.7. The van der Waals surface area contributed by atoms with E-state index in [2.05, 4.69) is 11.8 Å². The highest BCUT2D eigenvalue weighted by atomic mass is 35.5. The summed E-state index contributed by atoms with van der Waals surface area (Å²) in [5, 5.41) is 0. The number of hydrogen-bond donors (Lipinski definition) is 0. The smallest absolute Gasteiger partial charge is 0.142 e. The van der Waals surface area contributed by atoms with Crippen LogP contribution in [0.1, 0.15) is 31.2 Å². The van der Waals surface area contributed by atoms with Crippen molar-refractivity contribution in [2.75, 3.05) is 19.1 Å². The Hall–Kier alpha value is -1.24. The number of rotatable bonds is 5. The quantitative estimate of drug-likeness (QED) is 0.468. The zero-order valence-corrected chi connectivity index (χ0v) is 12.1. The van der Waals surface area contributed by atoms with Crippen molar-refractivity contribution in [1.82, 2.24) is 0 Å². The van der Waals surface area contributed by atoms with Crippen molar-refractivity contribution >= 4 is 11.6 Å². The molecular formula is C16H18ClFO2. The van der Waals surface area contributed by atoms with Crippen molar-refractivity contribution in [2.45, 2.75) is 31.8 Å². The molecule has 0 spiro atoms. The van der Waals surface area contributed by atoms with Crippen molar-refractivity contribution in [3.05, 3.63) is 29.6 Å². The summed E-state index contributed by atoms with van der Waals surface area (Å²) in [6.45, 7) is 1.45. The van der Waals surface area contributed by atoms with E-state index in [1.54, 1.807) is 12.1 Å². The molecule has 1 aromatic carbocycles. The minimum Gasteiger partial charge on any atom is -0.493 e. The molecule has 1 aromatic rings. The van der Waals surface area contributed by atoms with Gasteiger partial charge in [0, 0.05) is 12.7 Å². The van der Waals surface area contributed by atoms with Crippen LogP contribution < -0.4 is 4.74 Å². The third kappa shape index (κ3) is 4.70. The molecule has 1 saturated heterocycles. The van der Waals surface area contributed by atoms with Crippen molar-refractivity contribution in [1.29, 1.82) is 0 Å². The van der Waals surface area contributed by atoms with Gasteiger partial charge in [-0.15, -0.1) is 11.6 Å². The molecule has 0 saturated carbocycles. The van der Waals surface area contributed by atoms with Crippen LogP contribution in [0.2, 0.25) is 0 Å². The molecule has 1 heterocycles. The second kappa shape index (κ2) is 8.14. The lowest BCUT2D eigenvalue weighted by Crippen LogP contribution is -2.07. The van der Waals surface area contributed by atoms with Crippen LogP contribution in [-0.2, 0) is 4.74 Å². The van der Waals surface area contributed by atoms with Crippen LogP contribution in [0.5, 0.6) is 5.75 Å². The van der Waals surface area contributed by atoms with Gasteiger partial charge in [0.05, 0.1) is 24.2 Å². The second-order valence-electron chi connectivity index (χ2n) is 4.70. The van der Waals surface area contributed by atoms with E-state index >= 15 is 0 Å². The highest BCUT2D eigenvalue weighted by molar-refractivity contribution is 6.19. The van der Waals surface area contributed by atoms with E-state index in [9.17, 15) is 4.39 Å². The Labute approximate surface area is 124 Å². The Balaban J connectivity index is 1.76. The summed E-state index contributed by atoms with van der Waals surface area (Å²) in [5.41, 5.74) is 0.345. The van der Waals surface area contributed by atoms with Crippen LogP contribution in [0.4, 0.5) is 4.39 Å². The van der Waals surface area contributed by atoms with E-state index in [-0.39, 0.29) is 11.7 Å². The maximum atomic E-state index is 13.7. The fraction of sp³-hybridized carbons (Fsp3) is 0.500. The van der Waals surface area contributed by atoms with Crippen molar-refractivity contribution < 1.29 is 13.9 Å². The number of ether oxygens (including phenoxy) is 2. The van der Waals surface area contributed by atoms with Gasteiger partial charge in [-0.05, 0) is 37.8 Å². The normalized spacial score (nSPS) is 17.6. The van der Waals surface area contributed by atoms with E-state index < -0.39 is 0 Å². The van der Waals surface area contributed by atoms with Crippen LogP contribution in [0.15, 0.2) is 18.2 Å². The van der Waals surface area contributed by atoms with Gasteiger partial charge in [-0.3, -0.25) is 0 Å². The van der Waals surface area contributed by atoms with Gasteiger partial charge in [0.15, 0.2) is 0 Å². The lowest BCUT2D eigenvalue weighted by molar-refractivity contribution is 0.0981. The maximum Gasteiger partial charge on any atom is 0.142 e. The van der Waals surface area contributed by atoms with E-state index in [1.165, 1.54) is 6.07 Å². The third-order valence-corrected chi connectivity index (χ3v) is 3.33. The Morgan fingerprint density at radius 2 is 2.35 bits per heavy atom. The molecule has 2 nitrogen and oxygen atoms in total. The molecule has 1 unspecified atom stereocenters. The lowest BCUT2D eigenvalue weighted by atomic mass is 10.1. The van der Waals surface area contributed by atoms with E-state index in [4.69, 9.17) is 21.1 Å². The highest BCUT2D eigenvalue weighted by Gasteiger charge is 2.14. The number of alkyl halides is 1. The molecule has 0 aliphatic carbocycles. The topological polar surface area (TPSA) is 18.5 Å². The first-order valence-electron chi connectivity index (χ1n) is 6.88. The summed E-state index contributed by atoms with van der Waals surface area (Å²) in [6.07, 6.45) is 4.59. The molecule has 1 aliphatic rings. The Bertz CT molecular complexity index is 487. The molecule has 0 bridgehead atoms. The van der Waals surface area contributed by atoms with Gasteiger partial charge < -0.3 is 9.47 Å². The molecule has 108 valence electrons. The van der Waals surface area contributed by atoms with E-state index in [0.29, 0.717) is 24.0 Å². The summed E-state index contributed by atoms with van der Waals surface area (Å²) in [6, 6.07) is 4.71. The van der Waals surface area contributed by atoms with Gasteiger partial charge in [-0.2, -0.15) is 0 Å². The standard InChI is InChI=1S/C16H18ClFO2/c17-9-1-4-13-7-8-15(12-16(13)18)20-11-3-6-14-5-2-10-19-14/h7-8,12,14H,2-3,5-6,9-11H2. The minimum absolute atomic E-state index is 0.195. The molecular weight excluding hydrogens is 279 g/mol. The average Bonchev–Trinajstić information content (AvgIpc) is 2.96. The molecule has 1 atom stereocenters. The predicted octanol–water partition coefficient (Wildman–Crippen LogP) is 3.75. The van der Waals surface area contributed by atoms with Crippen molar-refractivity contribution in [3.8, 4) is 17.6 Å². The molecule has 0 N–H and O–H groups in total. The Morgan fingerprint density at radius 1 is 1.45 bits per heavy atom. The van der Waals surface area contributed by atoms with Crippen LogP contribution in [0.3, 0.4) is 0 Å². The van der Waals surface area contributed by atoms with Gasteiger partial charge in [-0.1, -0.05) is 11.8 Å². The third-order valence-electron chi connectivity index (χ3n) is 3.19. The zero-order valence-electron chi connectivity index (χ0n) is 11.3. The average molecular weight is 297 g/mol. The first-order valence-corrected chi connectivity index (χ1v) is 7.42. The largest absolute Gasteiger partial charge is 0.493 e. The van der Waals surface area contributed by atoms with E-state index in [0.717, 1.165) is 32.3 Å². The summed E-state index contributed by atoms with van der Waals surface area (Å²) in [5.74, 6) is 5.65. The van der Waals surface area contributed by atoms with Crippen LogP contribution in [0.25, 0.3) is 0 Å². The number of hydrogen-bond acceptors (Lipinski definition) is 2. The predicted molar refractivity (Wildman–Crippen MR) is 77.7 cm³/mol. The first-order chi connectivity index (χ1) is 9.79. The van der Waals surface area contributed by atoms with Gasteiger partial charge in [0.25, 0.3) is 0 Å². The molecule has 0 amide bonds. The summed E-state index contributed by atoms with van der Waals surface area (Å²) in [7, 11) is 0. The molecule has 0 aromatic heterocycles. The molecule has 4 heteroatoms. The molecule has 1 fully saturated rings. The van der Waals surface area contributed by atoms with Crippen LogP contribution in [-0.4, -0.2) is 25.2 Å². The van der Waals surface area contributed by atoms with E-state index in [1.807, 2.05) is 0 Å². The fourth-order valence-electron chi connectivity index (χ4n) is 2.19. The Kier molecular flexibility index (Phi) is 6.17. The monoisotopic (exact) mass is 296 g/mol. The molecule has 20 heavy (non-hydrogen) atoms. The molecule has 0 radical (unpaired) electrons. The van der Waals surface area contributed by atoms with Gasteiger partial charge in [0.2, 0.25) is 0 Å². The molecule has 2 rings (SSSR count). The summed E-state index contributed by atoms with van der Waals surface area (Å²) < 4.78 is 24.8. The Morgan fingerprint density at radius 3 is 3.05 bits per heavy atom. The van der Waals surface area contributed by atoms with Crippen molar-refractivity contribution in [2.24, 2.45) is 0 Å². The SMILES string of the molecule is Fc1cc(OCCCC2CCCO2)ccc1C#CCCl. The van der Waals surface area contributed by atoms with Gasteiger partial charge in [-0.25, -0.2) is 4.39 Å². The number of benzene rings is 1. The van der Waals surface area contributed by atoms with Gasteiger partial charge in [0.1, 0.15) is 11.6 Å². The zero-order chi connectivity index (χ0) is 14.2.